The van der Waals surface area contributed by atoms with Crippen LogP contribution in [-0.2, 0) is 14.8 Å². The van der Waals surface area contributed by atoms with E-state index in [4.69, 9.17) is 4.74 Å². The third-order valence-corrected chi connectivity index (χ3v) is 6.75. The number of hydrogen-bond acceptors (Lipinski definition) is 4. The number of sulfonamides is 1. The molecule has 0 spiro atoms. The molecule has 1 aliphatic rings. The largest absolute Gasteiger partial charge is 0.495 e. The van der Waals surface area contributed by atoms with E-state index in [1.54, 1.807) is 18.2 Å². The summed E-state index contributed by atoms with van der Waals surface area (Å²) in [6.07, 6.45) is 5.88. The third kappa shape index (κ3) is 5.25. The number of nitrogens with one attached hydrogen (secondary N) is 1. The Bertz CT molecular complexity index is 1010. The van der Waals surface area contributed by atoms with Gasteiger partial charge in [0.1, 0.15) is 10.6 Å². The lowest BCUT2D eigenvalue weighted by atomic mass is 10.1. The average Bonchev–Trinajstić information content (AvgIpc) is 2.73. The second kappa shape index (κ2) is 9.24. The second-order valence-electron chi connectivity index (χ2n) is 7.07. The number of rotatable bonds is 6. The number of anilines is 1. The van der Waals surface area contributed by atoms with Crippen LogP contribution in [0.5, 0.6) is 5.75 Å². The topological polar surface area (TPSA) is 75.7 Å². The molecule has 0 aromatic heterocycles. The highest BCUT2D eigenvalue weighted by Crippen LogP contribution is 2.31. The van der Waals surface area contributed by atoms with Crippen molar-refractivity contribution < 1.29 is 17.9 Å². The van der Waals surface area contributed by atoms with Crippen molar-refractivity contribution in [2.45, 2.75) is 31.1 Å². The molecule has 6 nitrogen and oxygen atoms in total. The van der Waals surface area contributed by atoms with Gasteiger partial charge in [-0.2, -0.15) is 4.31 Å². The van der Waals surface area contributed by atoms with Crippen molar-refractivity contribution in [3.8, 4) is 5.75 Å². The fourth-order valence-electron chi connectivity index (χ4n) is 3.33. The number of nitrogens with zero attached hydrogens (tertiary/aromatic N) is 1. The molecule has 154 valence electrons. The minimum absolute atomic E-state index is 0.0716. The Hall–Kier alpha value is -2.64. The van der Waals surface area contributed by atoms with Crippen LogP contribution >= 0.6 is 0 Å². The molecule has 1 heterocycles. The number of carbonyl (C=O) groups excluding carboxylic acids is 1. The van der Waals surface area contributed by atoms with Crippen LogP contribution in [0.15, 0.2) is 53.4 Å². The van der Waals surface area contributed by atoms with Gasteiger partial charge in [0.15, 0.2) is 0 Å². The fraction of sp³-hybridized carbons (Fsp3) is 0.318. The molecule has 1 amide bonds. The van der Waals surface area contributed by atoms with Gasteiger partial charge in [0.25, 0.3) is 0 Å². The number of carbonyl (C=O) groups is 1. The van der Waals surface area contributed by atoms with Gasteiger partial charge < -0.3 is 10.1 Å². The molecule has 1 N–H and O–H groups in total. The van der Waals surface area contributed by atoms with Crippen molar-refractivity contribution in [1.29, 1.82) is 0 Å². The smallest absolute Gasteiger partial charge is 0.248 e. The molecule has 7 heteroatoms. The molecule has 3 rings (SSSR count). The van der Waals surface area contributed by atoms with Crippen LogP contribution in [0, 0.1) is 6.92 Å². The third-order valence-electron chi connectivity index (χ3n) is 4.83. The van der Waals surface area contributed by atoms with E-state index < -0.39 is 10.0 Å². The number of amides is 1. The number of benzene rings is 2. The molecule has 1 aliphatic heterocycles. The molecule has 29 heavy (non-hydrogen) atoms. The normalized spacial score (nSPS) is 15.4. The molecular formula is C22H26N2O4S. The Kier molecular flexibility index (Phi) is 6.71. The van der Waals surface area contributed by atoms with Crippen LogP contribution in [0.2, 0.25) is 0 Å². The Balaban J connectivity index is 1.80. The van der Waals surface area contributed by atoms with Crippen LogP contribution in [0.25, 0.3) is 6.08 Å². The molecule has 2 aromatic rings. The summed E-state index contributed by atoms with van der Waals surface area (Å²) < 4.78 is 32.9. The van der Waals surface area contributed by atoms with Crippen LogP contribution in [-0.4, -0.2) is 38.8 Å². The fourth-order valence-corrected chi connectivity index (χ4v) is 5.03. The minimum atomic E-state index is -3.68. The molecule has 0 atom stereocenters. The SMILES string of the molecule is COc1ccc(NC(=O)/C=C/c2cccc(C)c2)cc1S(=O)(=O)N1CCCCC1. The lowest BCUT2D eigenvalue weighted by Gasteiger charge is -2.26. The van der Waals surface area contributed by atoms with Gasteiger partial charge in [0.2, 0.25) is 15.9 Å². The van der Waals surface area contributed by atoms with Crippen molar-refractivity contribution in [2.24, 2.45) is 0 Å². The maximum atomic E-state index is 13.1. The van der Waals surface area contributed by atoms with Gasteiger partial charge in [-0.25, -0.2) is 8.42 Å². The Morgan fingerprint density at radius 1 is 1.10 bits per heavy atom. The lowest BCUT2D eigenvalue weighted by Crippen LogP contribution is -2.35. The maximum Gasteiger partial charge on any atom is 0.248 e. The van der Waals surface area contributed by atoms with Crippen molar-refractivity contribution in [3.05, 3.63) is 59.7 Å². The zero-order valence-corrected chi connectivity index (χ0v) is 17.5. The molecule has 0 saturated carbocycles. The van der Waals surface area contributed by atoms with Gasteiger partial charge in [-0.05, 0) is 49.6 Å². The summed E-state index contributed by atoms with van der Waals surface area (Å²) in [6.45, 7) is 2.99. The first-order valence-corrected chi connectivity index (χ1v) is 11.1. The van der Waals surface area contributed by atoms with Gasteiger partial charge >= 0.3 is 0 Å². The highest BCUT2D eigenvalue weighted by molar-refractivity contribution is 7.89. The molecule has 1 saturated heterocycles. The van der Waals surface area contributed by atoms with E-state index in [0.29, 0.717) is 18.8 Å². The van der Waals surface area contributed by atoms with Crippen molar-refractivity contribution in [3.63, 3.8) is 0 Å². The first-order chi connectivity index (χ1) is 13.9. The summed E-state index contributed by atoms with van der Waals surface area (Å²) in [5, 5.41) is 2.73. The van der Waals surface area contributed by atoms with E-state index >= 15 is 0 Å². The van der Waals surface area contributed by atoms with Crippen LogP contribution in [0.1, 0.15) is 30.4 Å². The van der Waals surface area contributed by atoms with E-state index in [-0.39, 0.29) is 16.6 Å². The van der Waals surface area contributed by atoms with Crippen LogP contribution in [0.4, 0.5) is 5.69 Å². The molecule has 0 radical (unpaired) electrons. The number of piperidine rings is 1. The summed E-state index contributed by atoms with van der Waals surface area (Å²) in [6, 6.07) is 12.4. The molecule has 0 bridgehead atoms. The molecule has 0 unspecified atom stereocenters. The summed E-state index contributed by atoms with van der Waals surface area (Å²) in [5.41, 5.74) is 2.43. The molecule has 2 aromatic carbocycles. The van der Waals surface area contributed by atoms with E-state index in [2.05, 4.69) is 5.32 Å². The number of aryl methyl sites for hydroxylation is 1. The second-order valence-corrected chi connectivity index (χ2v) is 8.97. The summed E-state index contributed by atoms with van der Waals surface area (Å²) >= 11 is 0. The summed E-state index contributed by atoms with van der Waals surface area (Å²) in [5.74, 6) is -0.0677. The maximum absolute atomic E-state index is 13.1. The lowest BCUT2D eigenvalue weighted by molar-refractivity contribution is -0.111. The highest BCUT2D eigenvalue weighted by atomic mass is 32.2. The number of methoxy groups -OCH3 is 1. The molecule has 1 fully saturated rings. The number of hydrogen-bond donors (Lipinski definition) is 1. The summed E-state index contributed by atoms with van der Waals surface area (Å²) in [7, 11) is -2.25. The monoisotopic (exact) mass is 414 g/mol. The van der Waals surface area contributed by atoms with Crippen molar-refractivity contribution >= 4 is 27.7 Å². The Morgan fingerprint density at radius 3 is 2.55 bits per heavy atom. The van der Waals surface area contributed by atoms with Crippen LogP contribution in [0.3, 0.4) is 0 Å². The predicted octanol–water partition coefficient (Wildman–Crippen LogP) is 3.83. The quantitative estimate of drug-likeness (QED) is 0.729. The molecule has 0 aliphatic carbocycles. The van der Waals surface area contributed by atoms with E-state index in [0.717, 1.165) is 30.4 Å². The zero-order valence-electron chi connectivity index (χ0n) is 16.7. The number of ether oxygens (including phenoxy) is 1. The van der Waals surface area contributed by atoms with Gasteiger partial charge in [-0.3, -0.25) is 4.79 Å². The van der Waals surface area contributed by atoms with E-state index in [9.17, 15) is 13.2 Å². The van der Waals surface area contributed by atoms with Gasteiger partial charge in [0, 0.05) is 24.9 Å². The van der Waals surface area contributed by atoms with Gasteiger partial charge in [-0.15, -0.1) is 0 Å². The van der Waals surface area contributed by atoms with Gasteiger partial charge in [-0.1, -0.05) is 36.2 Å². The van der Waals surface area contributed by atoms with Gasteiger partial charge in [0.05, 0.1) is 7.11 Å². The standard InChI is InChI=1S/C22H26N2O4S/c1-17-7-6-8-18(15-17)9-12-22(25)23-19-10-11-20(28-2)21(16-19)29(26,27)24-13-4-3-5-14-24/h6-12,15-16H,3-5,13-14H2,1-2H3,(H,23,25)/b12-9+. The first kappa shape index (κ1) is 21.1. The van der Waals surface area contributed by atoms with Crippen molar-refractivity contribution in [2.75, 3.05) is 25.5 Å². The van der Waals surface area contributed by atoms with E-state index in [1.807, 2.05) is 31.2 Å². The first-order valence-electron chi connectivity index (χ1n) is 9.64. The Morgan fingerprint density at radius 2 is 1.86 bits per heavy atom. The van der Waals surface area contributed by atoms with Crippen molar-refractivity contribution in [1.82, 2.24) is 4.31 Å². The zero-order chi connectivity index (χ0) is 20.9. The highest BCUT2D eigenvalue weighted by Gasteiger charge is 2.29. The minimum Gasteiger partial charge on any atom is -0.495 e. The predicted molar refractivity (Wildman–Crippen MR) is 114 cm³/mol. The van der Waals surface area contributed by atoms with Crippen LogP contribution < -0.4 is 10.1 Å². The molecular weight excluding hydrogens is 388 g/mol. The summed E-state index contributed by atoms with van der Waals surface area (Å²) in [4.78, 5) is 12.4. The van der Waals surface area contributed by atoms with E-state index in [1.165, 1.54) is 23.6 Å². The Labute approximate surface area is 172 Å². The average molecular weight is 415 g/mol.